The number of para-hydroxylation sites is 1. The smallest absolute Gasteiger partial charge is 0.251 e. The van der Waals surface area contributed by atoms with Gasteiger partial charge in [0.1, 0.15) is 5.75 Å². The molecule has 1 saturated heterocycles. The van der Waals surface area contributed by atoms with Crippen molar-refractivity contribution in [3.8, 4) is 5.75 Å². The number of carbonyl (C=O) groups excluding carboxylic acids is 2. The number of hydroxylamine groups is 1. The lowest BCUT2D eigenvalue weighted by atomic mass is 9.83. The number of nitrogens with zero attached hydrogens (tertiary/aromatic N) is 2. The molecule has 1 aliphatic heterocycles. The van der Waals surface area contributed by atoms with Crippen molar-refractivity contribution in [1.82, 2.24) is 20.7 Å². The molecule has 0 saturated carbocycles. The van der Waals surface area contributed by atoms with Gasteiger partial charge in [-0.1, -0.05) is 18.2 Å². The number of fused-ring (bicyclic) bond motifs is 1. The summed E-state index contributed by atoms with van der Waals surface area (Å²) in [6.45, 7) is 2.68. The maximum Gasteiger partial charge on any atom is 0.251 e. The number of nitrogens with one attached hydrogen (secondary N) is 2. The Bertz CT molecular complexity index is 1260. The normalized spacial score (nSPS) is 15.4. The first-order valence-electron chi connectivity index (χ1n) is 12.6. The van der Waals surface area contributed by atoms with Gasteiger partial charge in [-0.15, -0.1) is 0 Å². The van der Waals surface area contributed by atoms with E-state index in [-0.39, 0.29) is 18.9 Å². The standard InChI is InChI=1S/C28H32F2N4O4/c1-19-16-21(23-4-2-3-5-24(23)31-19)10-15-38-22-8-6-20(7-9-22)27(36)32-28(17-26(35)33-37)11-13-34(14-12-28)18-25(29)30/h2-9,16,25,37H,10-15,17-18H2,1H3,(H,32,36)(H,33,35). The number of carbonyl (C=O) groups is 2. The lowest BCUT2D eigenvalue weighted by Gasteiger charge is -2.42. The van der Waals surface area contributed by atoms with E-state index in [0.29, 0.717) is 50.3 Å². The van der Waals surface area contributed by atoms with Crippen LogP contribution in [0.1, 0.15) is 40.9 Å². The lowest BCUT2D eigenvalue weighted by Crippen LogP contribution is -2.57. The highest BCUT2D eigenvalue weighted by atomic mass is 19.3. The minimum Gasteiger partial charge on any atom is -0.493 e. The zero-order valence-corrected chi connectivity index (χ0v) is 21.3. The molecule has 202 valence electrons. The summed E-state index contributed by atoms with van der Waals surface area (Å²) in [5.41, 5.74) is 4.09. The quantitative estimate of drug-likeness (QED) is 0.274. The number of ether oxygens (including phenoxy) is 1. The van der Waals surface area contributed by atoms with Crippen LogP contribution in [0.25, 0.3) is 10.9 Å². The van der Waals surface area contributed by atoms with Gasteiger partial charge in [0.2, 0.25) is 5.91 Å². The summed E-state index contributed by atoms with van der Waals surface area (Å²) in [5.74, 6) is -0.414. The summed E-state index contributed by atoms with van der Waals surface area (Å²) in [6, 6.07) is 16.8. The molecule has 3 aromatic rings. The lowest BCUT2D eigenvalue weighted by molar-refractivity contribution is -0.131. The number of benzene rings is 2. The van der Waals surface area contributed by atoms with Gasteiger partial charge < -0.3 is 10.1 Å². The van der Waals surface area contributed by atoms with Crippen molar-refractivity contribution >= 4 is 22.7 Å². The van der Waals surface area contributed by atoms with Gasteiger partial charge in [-0.2, -0.15) is 0 Å². The molecule has 0 aliphatic carbocycles. The van der Waals surface area contributed by atoms with Crippen LogP contribution in [0, 0.1) is 6.92 Å². The summed E-state index contributed by atoms with van der Waals surface area (Å²) in [6.07, 6.45) is -1.29. The van der Waals surface area contributed by atoms with E-state index in [1.54, 1.807) is 34.6 Å². The maximum absolute atomic E-state index is 13.0. The van der Waals surface area contributed by atoms with E-state index in [2.05, 4.69) is 16.4 Å². The van der Waals surface area contributed by atoms with E-state index < -0.39 is 17.9 Å². The van der Waals surface area contributed by atoms with E-state index >= 15 is 0 Å². The Morgan fingerprint density at radius 1 is 1.13 bits per heavy atom. The first-order chi connectivity index (χ1) is 18.3. The third-order valence-electron chi connectivity index (χ3n) is 6.90. The molecule has 0 atom stereocenters. The summed E-state index contributed by atoms with van der Waals surface area (Å²) in [5, 5.41) is 13.0. The monoisotopic (exact) mass is 526 g/mol. The minimum absolute atomic E-state index is 0.151. The number of aryl methyl sites for hydroxylation is 1. The number of rotatable bonds is 10. The maximum atomic E-state index is 13.0. The van der Waals surface area contributed by atoms with Crippen molar-refractivity contribution in [2.45, 2.75) is 44.6 Å². The fourth-order valence-electron chi connectivity index (χ4n) is 4.95. The molecule has 0 unspecified atom stereocenters. The molecule has 0 radical (unpaired) electrons. The Balaban J connectivity index is 1.36. The number of likely N-dealkylation sites (tertiary alicyclic amines) is 1. The van der Waals surface area contributed by atoms with Crippen molar-refractivity contribution in [2.24, 2.45) is 0 Å². The molecule has 0 bridgehead atoms. The second-order valence-electron chi connectivity index (χ2n) is 9.70. The van der Waals surface area contributed by atoms with Crippen LogP contribution in [0.2, 0.25) is 0 Å². The predicted octanol–water partition coefficient (Wildman–Crippen LogP) is 3.89. The highest BCUT2D eigenvalue weighted by Gasteiger charge is 2.38. The number of hydrogen-bond donors (Lipinski definition) is 3. The first kappa shape index (κ1) is 27.4. The molecule has 8 nitrogen and oxygen atoms in total. The average Bonchev–Trinajstić information content (AvgIpc) is 2.90. The minimum atomic E-state index is -2.45. The third-order valence-corrected chi connectivity index (χ3v) is 6.90. The molecule has 1 aromatic heterocycles. The zero-order valence-electron chi connectivity index (χ0n) is 21.3. The SMILES string of the molecule is Cc1cc(CCOc2ccc(C(=O)NC3(CC(=O)NO)CCN(CC(F)F)CC3)cc2)c2ccccc2n1. The average molecular weight is 527 g/mol. The van der Waals surface area contributed by atoms with Gasteiger partial charge in [-0.05, 0) is 61.7 Å². The van der Waals surface area contributed by atoms with Crippen LogP contribution in [0.3, 0.4) is 0 Å². The fourth-order valence-corrected chi connectivity index (χ4v) is 4.95. The number of halogens is 2. The van der Waals surface area contributed by atoms with Crippen LogP contribution in [0.15, 0.2) is 54.6 Å². The number of amides is 2. The molecule has 10 heteroatoms. The van der Waals surface area contributed by atoms with Gasteiger partial charge in [-0.3, -0.25) is 24.7 Å². The molecule has 0 spiro atoms. The summed E-state index contributed by atoms with van der Waals surface area (Å²) in [7, 11) is 0. The third kappa shape index (κ3) is 7.02. The highest BCUT2D eigenvalue weighted by molar-refractivity contribution is 5.95. The molecule has 1 aliphatic rings. The van der Waals surface area contributed by atoms with E-state index in [1.165, 1.54) is 0 Å². The molecule has 2 heterocycles. The molecule has 4 rings (SSSR count). The van der Waals surface area contributed by atoms with Crippen LogP contribution in [-0.4, -0.2) is 65.1 Å². The molecule has 38 heavy (non-hydrogen) atoms. The van der Waals surface area contributed by atoms with E-state index in [4.69, 9.17) is 9.94 Å². The Morgan fingerprint density at radius 2 is 1.84 bits per heavy atom. The highest BCUT2D eigenvalue weighted by Crippen LogP contribution is 2.27. The Labute approximate surface area is 220 Å². The van der Waals surface area contributed by atoms with Gasteiger partial charge in [0.15, 0.2) is 0 Å². The van der Waals surface area contributed by atoms with Crippen molar-refractivity contribution in [3.63, 3.8) is 0 Å². The second kappa shape index (κ2) is 12.3. The van der Waals surface area contributed by atoms with Crippen molar-refractivity contribution in [3.05, 3.63) is 71.4 Å². The Kier molecular flexibility index (Phi) is 8.85. The molecule has 1 fully saturated rings. The first-order valence-corrected chi connectivity index (χ1v) is 12.6. The molecule has 2 amide bonds. The van der Waals surface area contributed by atoms with E-state index in [0.717, 1.165) is 22.2 Å². The van der Waals surface area contributed by atoms with Gasteiger partial charge in [0.25, 0.3) is 12.3 Å². The number of alkyl halides is 2. The number of pyridine rings is 1. The largest absolute Gasteiger partial charge is 0.493 e. The summed E-state index contributed by atoms with van der Waals surface area (Å²) < 4.78 is 31.4. The van der Waals surface area contributed by atoms with E-state index in [1.807, 2.05) is 31.2 Å². The van der Waals surface area contributed by atoms with Crippen molar-refractivity contribution < 1.29 is 28.3 Å². The van der Waals surface area contributed by atoms with Gasteiger partial charge >= 0.3 is 0 Å². The molecular weight excluding hydrogens is 494 g/mol. The van der Waals surface area contributed by atoms with Gasteiger partial charge in [-0.25, -0.2) is 14.3 Å². The fraction of sp³-hybridized carbons (Fsp3) is 0.393. The van der Waals surface area contributed by atoms with Gasteiger partial charge in [0.05, 0.1) is 30.6 Å². The summed E-state index contributed by atoms with van der Waals surface area (Å²) >= 11 is 0. The topological polar surface area (TPSA) is 104 Å². The molecule has 2 aromatic carbocycles. The van der Waals surface area contributed by atoms with Crippen LogP contribution >= 0.6 is 0 Å². The van der Waals surface area contributed by atoms with Crippen LogP contribution in [0.5, 0.6) is 5.75 Å². The van der Waals surface area contributed by atoms with E-state index in [9.17, 15) is 18.4 Å². The van der Waals surface area contributed by atoms with Crippen molar-refractivity contribution in [1.29, 1.82) is 0 Å². The number of piperidine rings is 1. The zero-order chi connectivity index (χ0) is 27.1. The Hall–Kier alpha value is -3.63. The number of hydrogen-bond acceptors (Lipinski definition) is 6. The summed E-state index contributed by atoms with van der Waals surface area (Å²) in [4.78, 5) is 31.1. The Morgan fingerprint density at radius 3 is 2.53 bits per heavy atom. The van der Waals surface area contributed by atoms with Crippen LogP contribution in [-0.2, 0) is 11.2 Å². The van der Waals surface area contributed by atoms with Crippen LogP contribution in [0.4, 0.5) is 8.78 Å². The van der Waals surface area contributed by atoms with Crippen molar-refractivity contribution in [2.75, 3.05) is 26.2 Å². The van der Waals surface area contributed by atoms with Gasteiger partial charge in [0, 0.05) is 36.2 Å². The predicted molar refractivity (Wildman–Crippen MR) is 139 cm³/mol. The molecule has 3 N–H and O–H groups in total. The van der Waals surface area contributed by atoms with Crippen LogP contribution < -0.4 is 15.5 Å². The second-order valence-corrected chi connectivity index (χ2v) is 9.70. The molecular formula is C28H32F2N4O4. The number of aromatic nitrogens is 1.